The molecule has 0 amide bonds. The van der Waals surface area contributed by atoms with Gasteiger partial charge in [-0.15, -0.1) is 11.3 Å². The zero-order chi connectivity index (χ0) is 12.8. The summed E-state index contributed by atoms with van der Waals surface area (Å²) in [6, 6.07) is 5.00. The minimum atomic E-state index is -0.711. The maximum absolute atomic E-state index is 10.5. The van der Waals surface area contributed by atoms with Crippen molar-refractivity contribution in [1.82, 2.24) is 4.90 Å². The van der Waals surface area contributed by atoms with Crippen molar-refractivity contribution in [2.24, 2.45) is 0 Å². The first-order valence-electron chi connectivity index (χ1n) is 6.03. The lowest BCUT2D eigenvalue weighted by atomic mass is 10.1. The van der Waals surface area contributed by atoms with E-state index < -0.39 is 5.97 Å². The Morgan fingerprint density at radius 2 is 2.18 bits per heavy atom. The summed E-state index contributed by atoms with van der Waals surface area (Å²) < 4.78 is 0. The predicted octanol–water partition coefficient (Wildman–Crippen LogP) is 3.38. The lowest BCUT2D eigenvalue weighted by Crippen LogP contribution is -2.34. The summed E-state index contributed by atoms with van der Waals surface area (Å²) in [5.41, 5.74) is 0. The molecule has 17 heavy (non-hydrogen) atoms. The van der Waals surface area contributed by atoms with Crippen LogP contribution in [0.3, 0.4) is 0 Å². The van der Waals surface area contributed by atoms with Crippen LogP contribution in [0.5, 0.6) is 0 Å². The molecule has 0 aromatic carbocycles. The molecule has 1 N–H and O–H groups in total. The maximum Gasteiger partial charge on any atom is 0.303 e. The Hall–Kier alpha value is -0.870. The SMILES string of the molecule is CC(C)N(CCCC(=O)O)C(C)c1cccs1. The van der Waals surface area contributed by atoms with Gasteiger partial charge in [-0.3, -0.25) is 9.69 Å². The van der Waals surface area contributed by atoms with Crippen LogP contribution in [0.4, 0.5) is 0 Å². The molecule has 0 bridgehead atoms. The van der Waals surface area contributed by atoms with Crippen LogP contribution in [-0.4, -0.2) is 28.6 Å². The van der Waals surface area contributed by atoms with Gasteiger partial charge in [0.2, 0.25) is 0 Å². The van der Waals surface area contributed by atoms with Crippen LogP contribution in [0.15, 0.2) is 17.5 Å². The lowest BCUT2D eigenvalue weighted by molar-refractivity contribution is -0.137. The number of carboxylic acids is 1. The summed E-state index contributed by atoms with van der Waals surface area (Å²) in [4.78, 5) is 14.2. The Balaban J connectivity index is 2.56. The van der Waals surface area contributed by atoms with Crippen molar-refractivity contribution in [2.45, 2.75) is 45.7 Å². The van der Waals surface area contributed by atoms with Crippen molar-refractivity contribution in [1.29, 1.82) is 0 Å². The maximum atomic E-state index is 10.5. The van der Waals surface area contributed by atoms with Gasteiger partial charge in [-0.2, -0.15) is 0 Å². The fraction of sp³-hybridized carbons (Fsp3) is 0.615. The molecule has 1 atom stereocenters. The summed E-state index contributed by atoms with van der Waals surface area (Å²) in [7, 11) is 0. The van der Waals surface area contributed by atoms with Gasteiger partial charge in [0.05, 0.1) is 0 Å². The third-order valence-electron chi connectivity index (χ3n) is 2.92. The van der Waals surface area contributed by atoms with Gasteiger partial charge >= 0.3 is 5.97 Å². The van der Waals surface area contributed by atoms with Crippen molar-refractivity contribution in [3.05, 3.63) is 22.4 Å². The van der Waals surface area contributed by atoms with Crippen molar-refractivity contribution < 1.29 is 9.90 Å². The molecule has 0 spiro atoms. The molecule has 0 aliphatic rings. The van der Waals surface area contributed by atoms with Gasteiger partial charge in [0, 0.05) is 23.4 Å². The van der Waals surface area contributed by atoms with Gasteiger partial charge in [-0.1, -0.05) is 6.07 Å². The largest absolute Gasteiger partial charge is 0.481 e. The molecule has 0 saturated carbocycles. The average Bonchev–Trinajstić information content (AvgIpc) is 2.75. The topological polar surface area (TPSA) is 40.5 Å². The zero-order valence-corrected chi connectivity index (χ0v) is 11.5. The first-order valence-corrected chi connectivity index (χ1v) is 6.91. The normalized spacial score (nSPS) is 13.2. The molecule has 0 saturated heterocycles. The van der Waals surface area contributed by atoms with E-state index in [4.69, 9.17) is 5.11 Å². The number of hydrogen-bond donors (Lipinski definition) is 1. The van der Waals surface area contributed by atoms with E-state index in [2.05, 4.69) is 43.2 Å². The molecule has 96 valence electrons. The van der Waals surface area contributed by atoms with E-state index in [1.165, 1.54) is 4.88 Å². The highest BCUT2D eigenvalue weighted by atomic mass is 32.1. The highest BCUT2D eigenvalue weighted by Gasteiger charge is 2.19. The number of aliphatic carboxylic acids is 1. The number of nitrogens with zero attached hydrogens (tertiary/aromatic N) is 1. The number of carboxylic acid groups (broad SMARTS) is 1. The molecule has 1 aromatic rings. The van der Waals surface area contributed by atoms with Crippen LogP contribution in [0.25, 0.3) is 0 Å². The molecule has 0 aliphatic carbocycles. The monoisotopic (exact) mass is 255 g/mol. The molecule has 1 heterocycles. The molecule has 4 heteroatoms. The summed E-state index contributed by atoms with van der Waals surface area (Å²) in [6.45, 7) is 7.34. The van der Waals surface area contributed by atoms with Crippen LogP contribution < -0.4 is 0 Å². The van der Waals surface area contributed by atoms with Crippen molar-refractivity contribution >= 4 is 17.3 Å². The van der Waals surface area contributed by atoms with E-state index >= 15 is 0 Å². The van der Waals surface area contributed by atoms with E-state index in [-0.39, 0.29) is 6.42 Å². The Labute approximate surface area is 107 Å². The van der Waals surface area contributed by atoms with Crippen LogP contribution in [-0.2, 0) is 4.79 Å². The van der Waals surface area contributed by atoms with E-state index in [0.29, 0.717) is 18.5 Å². The predicted molar refractivity (Wildman–Crippen MR) is 71.4 cm³/mol. The van der Waals surface area contributed by atoms with E-state index in [1.54, 1.807) is 11.3 Å². The first-order chi connectivity index (χ1) is 8.02. The lowest BCUT2D eigenvalue weighted by Gasteiger charge is -2.32. The fourth-order valence-corrected chi connectivity index (χ4v) is 2.81. The molecule has 1 unspecified atom stereocenters. The van der Waals surface area contributed by atoms with Crippen molar-refractivity contribution in [3.63, 3.8) is 0 Å². The number of rotatable bonds is 7. The molecular formula is C13H21NO2S. The Kier molecular flexibility index (Phi) is 5.65. The second-order valence-electron chi connectivity index (χ2n) is 4.52. The zero-order valence-electron chi connectivity index (χ0n) is 10.7. The number of carbonyl (C=O) groups is 1. The molecule has 1 aromatic heterocycles. The van der Waals surface area contributed by atoms with Gasteiger partial charge in [0.1, 0.15) is 0 Å². The van der Waals surface area contributed by atoms with Crippen LogP contribution in [0.2, 0.25) is 0 Å². The number of thiophene rings is 1. The van der Waals surface area contributed by atoms with Gasteiger partial charge < -0.3 is 5.11 Å². The van der Waals surface area contributed by atoms with E-state index in [1.807, 2.05) is 0 Å². The second kappa shape index (κ2) is 6.77. The summed E-state index contributed by atoms with van der Waals surface area (Å²) in [5.74, 6) is -0.711. The van der Waals surface area contributed by atoms with Crippen LogP contribution >= 0.6 is 11.3 Å². The van der Waals surface area contributed by atoms with Crippen molar-refractivity contribution in [2.75, 3.05) is 6.54 Å². The molecule has 0 radical (unpaired) electrons. The smallest absolute Gasteiger partial charge is 0.303 e. The van der Waals surface area contributed by atoms with Crippen LogP contribution in [0, 0.1) is 0 Å². The van der Waals surface area contributed by atoms with Gasteiger partial charge in [0.25, 0.3) is 0 Å². The molecule has 1 rings (SSSR count). The van der Waals surface area contributed by atoms with Gasteiger partial charge in [0.15, 0.2) is 0 Å². The highest BCUT2D eigenvalue weighted by Crippen LogP contribution is 2.26. The van der Waals surface area contributed by atoms with Gasteiger partial charge in [-0.25, -0.2) is 0 Å². The van der Waals surface area contributed by atoms with Crippen LogP contribution in [0.1, 0.15) is 44.5 Å². The minimum absolute atomic E-state index is 0.250. The molecule has 0 aliphatic heterocycles. The van der Waals surface area contributed by atoms with E-state index in [9.17, 15) is 4.79 Å². The standard InChI is InChI=1S/C13H21NO2S/c1-10(2)14(8-4-7-13(15)16)11(3)12-6-5-9-17-12/h5-6,9-11H,4,7-8H2,1-3H3,(H,15,16). The highest BCUT2D eigenvalue weighted by molar-refractivity contribution is 7.10. The first kappa shape index (κ1) is 14.2. The Morgan fingerprint density at radius 1 is 1.47 bits per heavy atom. The summed E-state index contributed by atoms with van der Waals surface area (Å²) in [6.07, 6.45) is 0.962. The molecular weight excluding hydrogens is 234 g/mol. The third kappa shape index (κ3) is 4.48. The van der Waals surface area contributed by atoms with Gasteiger partial charge in [-0.05, 0) is 45.2 Å². The molecule has 3 nitrogen and oxygen atoms in total. The summed E-state index contributed by atoms with van der Waals surface area (Å²) >= 11 is 1.76. The molecule has 0 fully saturated rings. The fourth-order valence-electron chi connectivity index (χ4n) is 2.00. The quantitative estimate of drug-likeness (QED) is 0.812. The van der Waals surface area contributed by atoms with E-state index in [0.717, 1.165) is 6.54 Å². The number of hydrogen-bond acceptors (Lipinski definition) is 3. The Bertz CT molecular complexity index is 335. The minimum Gasteiger partial charge on any atom is -0.481 e. The average molecular weight is 255 g/mol. The Morgan fingerprint density at radius 3 is 2.65 bits per heavy atom. The second-order valence-corrected chi connectivity index (χ2v) is 5.50. The summed E-state index contributed by atoms with van der Waals surface area (Å²) in [5, 5.41) is 10.8. The third-order valence-corrected chi connectivity index (χ3v) is 3.97. The van der Waals surface area contributed by atoms with Crippen molar-refractivity contribution in [3.8, 4) is 0 Å².